The first kappa shape index (κ1) is 13.4. The molecule has 0 aliphatic carbocycles. The zero-order valence-electron chi connectivity index (χ0n) is 11.1. The van der Waals surface area contributed by atoms with E-state index in [0.29, 0.717) is 5.92 Å². The van der Waals surface area contributed by atoms with E-state index in [1.807, 2.05) is 19.1 Å². The molecule has 0 radical (unpaired) electrons. The Balaban J connectivity index is 1.92. The summed E-state index contributed by atoms with van der Waals surface area (Å²) in [6, 6.07) is 8.36. The van der Waals surface area contributed by atoms with Gasteiger partial charge >= 0.3 is 5.97 Å². The highest BCUT2D eigenvalue weighted by Gasteiger charge is 2.27. The van der Waals surface area contributed by atoms with Gasteiger partial charge in [0.15, 0.2) is 5.69 Å². The second-order valence-electron chi connectivity index (χ2n) is 5.16. The van der Waals surface area contributed by atoms with Crippen LogP contribution in [0.2, 0.25) is 0 Å². The molecule has 1 N–H and O–H groups in total. The lowest BCUT2D eigenvalue weighted by molar-refractivity contribution is 0.0689. The molecule has 5 heteroatoms. The fourth-order valence-corrected chi connectivity index (χ4v) is 3.17. The van der Waals surface area contributed by atoms with Crippen LogP contribution in [0, 0.1) is 6.92 Å². The van der Waals surface area contributed by atoms with E-state index < -0.39 is 5.97 Å². The number of hydrogen-bond acceptors (Lipinski definition) is 2. The molecule has 0 fully saturated rings. The van der Waals surface area contributed by atoms with E-state index >= 15 is 0 Å². The van der Waals surface area contributed by atoms with Crippen molar-refractivity contribution in [1.82, 2.24) is 9.55 Å². The minimum Gasteiger partial charge on any atom is -0.476 e. The monoisotopic (exact) mass is 334 g/mol. The number of carboxylic acid groups (broad SMARTS) is 1. The Morgan fingerprint density at radius 1 is 1.40 bits per heavy atom. The molecule has 1 aromatic carbocycles. The van der Waals surface area contributed by atoms with Crippen molar-refractivity contribution in [1.29, 1.82) is 0 Å². The predicted octanol–water partition coefficient (Wildman–Crippen LogP) is 3.38. The molecule has 2 aromatic rings. The maximum atomic E-state index is 11.2. The number of aromatic carboxylic acids is 1. The van der Waals surface area contributed by atoms with Gasteiger partial charge in [0.05, 0.1) is 5.69 Å². The molecule has 0 saturated carbocycles. The zero-order chi connectivity index (χ0) is 14.3. The van der Waals surface area contributed by atoms with Crippen LogP contribution in [0.15, 0.2) is 28.7 Å². The van der Waals surface area contributed by atoms with Crippen LogP contribution in [0.4, 0.5) is 0 Å². The molecule has 0 saturated heterocycles. The van der Waals surface area contributed by atoms with Crippen LogP contribution in [0.5, 0.6) is 0 Å². The van der Waals surface area contributed by atoms with Crippen molar-refractivity contribution < 1.29 is 9.90 Å². The molecule has 4 nitrogen and oxygen atoms in total. The molecule has 1 aromatic heterocycles. The zero-order valence-corrected chi connectivity index (χ0v) is 12.7. The molecule has 20 heavy (non-hydrogen) atoms. The lowest BCUT2D eigenvalue weighted by Gasteiger charge is -2.25. The van der Waals surface area contributed by atoms with E-state index in [-0.39, 0.29) is 5.69 Å². The quantitative estimate of drug-likeness (QED) is 0.915. The smallest absolute Gasteiger partial charge is 0.356 e. The average Bonchev–Trinajstić information content (AvgIpc) is 2.77. The van der Waals surface area contributed by atoms with Crippen molar-refractivity contribution in [2.45, 2.75) is 32.2 Å². The van der Waals surface area contributed by atoms with Gasteiger partial charge in [-0.25, -0.2) is 9.78 Å². The Morgan fingerprint density at radius 2 is 2.10 bits per heavy atom. The molecule has 1 aliphatic rings. The van der Waals surface area contributed by atoms with Gasteiger partial charge in [-0.1, -0.05) is 28.1 Å². The minimum atomic E-state index is -0.927. The molecule has 0 amide bonds. The lowest BCUT2D eigenvalue weighted by Crippen LogP contribution is -2.20. The second-order valence-corrected chi connectivity index (χ2v) is 6.07. The van der Waals surface area contributed by atoms with Gasteiger partial charge in [-0.3, -0.25) is 0 Å². The number of benzene rings is 1. The maximum absolute atomic E-state index is 11.2. The van der Waals surface area contributed by atoms with Crippen LogP contribution in [-0.2, 0) is 13.0 Å². The van der Waals surface area contributed by atoms with E-state index in [2.05, 4.69) is 37.6 Å². The highest BCUT2D eigenvalue weighted by Crippen LogP contribution is 2.31. The van der Waals surface area contributed by atoms with Gasteiger partial charge in [-0.15, -0.1) is 0 Å². The Labute approximate surface area is 125 Å². The summed E-state index contributed by atoms with van der Waals surface area (Å²) in [5.74, 6) is 0.285. The highest BCUT2D eigenvalue weighted by atomic mass is 79.9. The molecule has 0 bridgehead atoms. The van der Waals surface area contributed by atoms with Gasteiger partial charge in [0.2, 0.25) is 0 Å². The van der Waals surface area contributed by atoms with Gasteiger partial charge in [0.25, 0.3) is 0 Å². The number of fused-ring (bicyclic) bond motifs is 1. The van der Waals surface area contributed by atoms with Gasteiger partial charge in [0.1, 0.15) is 5.82 Å². The summed E-state index contributed by atoms with van der Waals surface area (Å²) >= 11 is 3.45. The van der Waals surface area contributed by atoms with Crippen molar-refractivity contribution in [2.24, 2.45) is 0 Å². The molecule has 1 unspecified atom stereocenters. The normalized spacial score (nSPS) is 17.8. The number of aryl methyl sites for hydroxylation is 1. The van der Waals surface area contributed by atoms with Crippen LogP contribution in [-0.4, -0.2) is 20.6 Å². The summed E-state index contributed by atoms with van der Waals surface area (Å²) in [7, 11) is 0. The molecule has 0 spiro atoms. The third kappa shape index (κ3) is 2.26. The number of carbonyl (C=O) groups is 1. The Hall–Kier alpha value is -1.62. The van der Waals surface area contributed by atoms with Gasteiger partial charge in [-0.05, 0) is 37.5 Å². The largest absolute Gasteiger partial charge is 0.476 e. The minimum absolute atomic E-state index is 0.219. The van der Waals surface area contributed by atoms with Crippen molar-refractivity contribution >= 4 is 21.9 Å². The van der Waals surface area contributed by atoms with Crippen LogP contribution >= 0.6 is 15.9 Å². The summed E-state index contributed by atoms with van der Waals surface area (Å²) in [6.45, 7) is 2.68. The van der Waals surface area contributed by atoms with Crippen LogP contribution in [0.3, 0.4) is 0 Å². The number of carboxylic acids is 1. The number of aromatic nitrogens is 2. The molecule has 1 atom stereocenters. The lowest BCUT2D eigenvalue weighted by atomic mass is 9.90. The van der Waals surface area contributed by atoms with E-state index in [0.717, 1.165) is 35.4 Å². The fourth-order valence-electron chi connectivity index (χ4n) is 2.91. The van der Waals surface area contributed by atoms with E-state index in [9.17, 15) is 9.90 Å². The van der Waals surface area contributed by atoms with Crippen molar-refractivity contribution in [3.8, 4) is 0 Å². The molecule has 104 valence electrons. The number of hydrogen-bond donors (Lipinski definition) is 1. The number of halogens is 1. The number of nitrogens with zero attached hydrogens (tertiary/aromatic N) is 2. The van der Waals surface area contributed by atoms with Crippen LogP contribution in [0.1, 0.15) is 39.9 Å². The van der Waals surface area contributed by atoms with Crippen LogP contribution < -0.4 is 0 Å². The number of imidazole rings is 1. The third-order valence-electron chi connectivity index (χ3n) is 3.94. The fraction of sp³-hybridized carbons (Fsp3) is 0.333. The first-order valence-electron chi connectivity index (χ1n) is 6.61. The second kappa shape index (κ2) is 5.05. The summed E-state index contributed by atoms with van der Waals surface area (Å²) in [6.07, 6.45) is 1.73. The summed E-state index contributed by atoms with van der Waals surface area (Å²) in [5.41, 5.74) is 2.38. The number of rotatable bonds is 2. The third-order valence-corrected chi connectivity index (χ3v) is 4.47. The average molecular weight is 335 g/mol. The van der Waals surface area contributed by atoms with E-state index in [4.69, 9.17) is 0 Å². The highest BCUT2D eigenvalue weighted by molar-refractivity contribution is 9.10. The Bertz CT molecular complexity index is 661. The molecular formula is C15H15BrN2O2. The van der Waals surface area contributed by atoms with E-state index in [1.165, 1.54) is 5.56 Å². The first-order chi connectivity index (χ1) is 9.56. The van der Waals surface area contributed by atoms with Gasteiger partial charge in [-0.2, -0.15) is 0 Å². The standard InChI is InChI=1S/C15H15BrN2O2/c1-9-17-14(15(19)20)13-7-4-11(8-18(9)13)10-2-5-12(16)6-3-10/h2-3,5-6,11H,4,7-8H2,1H3,(H,19,20). The first-order valence-corrected chi connectivity index (χ1v) is 7.40. The van der Waals surface area contributed by atoms with Crippen molar-refractivity contribution in [2.75, 3.05) is 0 Å². The van der Waals surface area contributed by atoms with Gasteiger partial charge in [0, 0.05) is 16.9 Å². The van der Waals surface area contributed by atoms with Crippen LogP contribution in [0.25, 0.3) is 0 Å². The molecule has 1 aliphatic heterocycles. The van der Waals surface area contributed by atoms with Gasteiger partial charge < -0.3 is 9.67 Å². The summed E-state index contributed by atoms with van der Waals surface area (Å²) < 4.78 is 3.13. The topological polar surface area (TPSA) is 55.1 Å². The molecule has 2 heterocycles. The van der Waals surface area contributed by atoms with E-state index in [1.54, 1.807) is 0 Å². The maximum Gasteiger partial charge on any atom is 0.356 e. The SMILES string of the molecule is Cc1nc(C(=O)O)c2n1CC(c1ccc(Br)cc1)CC2. The van der Waals surface area contributed by atoms with Crippen molar-refractivity contribution in [3.05, 3.63) is 51.5 Å². The summed E-state index contributed by atoms with van der Waals surface area (Å²) in [5, 5.41) is 9.19. The Kier molecular flexibility index (Phi) is 3.38. The molecular weight excluding hydrogens is 320 g/mol. The Morgan fingerprint density at radius 3 is 2.75 bits per heavy atom. The predicted molar refractivity (Wildman–Crippen MR) is 79.1 cm³/mol. The molecule has 3 rings (SSSR count). The summed E-state index contributed by atoms with van der Waals surface area (Å²) in [4.78, 5) is 15.4. The van der Waals surface area contributed by atoms with Crippen molar-refractivity contribution in [3.63, 3.8) is 0 Å².